The number of nitrogens with zero attached hydrogens (tertiary/aromatic N) is 1. The van der Waals surface area contributed by atoms with Crippen molar-refractivity contribution in [2.45, 2.75) is 45.6 Å². The van der Waals surface area contributed by atoms with Crippen LogP contribution >= 0.6 is 11.3 Å². The molecule has 1 heterocycles. The van der Waals surface area contributed by atoms with Crippen LogP contribution in [0.2, 0.25) is 0 Å². The molecule has 1 saturated carbocycles. The molecule has 5 nitrogen and oxygen atoms in total. The Labute approximate surface area is 151 Å². The lowest BCUT2D eigenvalue weighted by molar-refractivity contribution is -0.120. The molecule has 1 unspecified atom stereocenters. The van der Waals surface area contributed by atoms with Crippen molar-refractivity contribution in [1.29, 1.82) is 0 Å². The number of carbonyl (C=O) groups excluding carboxylic acids is 2. The van der Waals surface area contributed by atoms with Crippen LogP contribution < -0.4 is 10.6 Å². The van der Waals surface area contributed by atoms with E-state index in [0.29, 0.717) is 5.13 Å². The second-order valence-electron chi connectivity index (χ2n) is 6.55. The van der Waals surface area contributed by atoms with E-state index in [2.05, 4.69) is 15.6 Å². The topological polar surface area (TPSA) is 71.1 Å². The van der Waals surface area contributed by atoms with Gasteiger partial charge in [0.2, 0.25) is 11.8 Å². The molecular weight excluding hydrogens is 334 g/mol. The van der Waals surface area contributed by atoms with Gasteiger partial charge in [-0.05, 0) is 25.3 Å². The van der Waals surface area contributed by atoms with Crippen LogP contribution in [0.25, 0.3) is 11.3 Å². The zero-order valence-electron chi connectivity index (χ0n) is 14.5. The predicted octanol–water partition coefficient (Wildman–Crippen LogP) is 4.14. The Bertz CT molecular complexity index is 748. The van der Waals surface area contributed by atoms with Crippen LogP contribution in [0.4, 0.5) is 5.13 Å². The van der Waals surface area contributed by atoms with E-state index in [0.717, 1.165) is 42.5 Å². The minimum atomic E-state index is -0.0428. The molecule has 1 aliphatic rings. The van der Waals surface area contributed by atoms with Crippen LogP contribution in [0.5, 0.6) is 0 Å². The van der Waals surface area contributed by atoms with Gasteiger partial charge in [-0.3, -0.25) is 9.59 Å². The van der Waals surface area contributed by atoms with Gasteiger partial charge in [0.1, 0.15) is 0 Å². The molecular formula is C19H23N3O2S. The van der Waals surface area contributed by atoms with Gasteiger partial charge in [0.15, 0.2) is 5.13 Å². The summed E-state index contributed by atoms with van der Waals surface area (Å²) in [4.78, 5) is 27.9. The fourth-order valence-corrected chi connectivity index (χ4v) is 3.91. The molecule has 3 rings (SSSR count). The summed E-state index contributed by atoms with van der Waals surface area (Å²) < 4.78 is 0. The first-order valence-corrected chi connectivity index (χ1v) is 9.54. The number of aromatic nitrogens is 1. The van der Waals surface area contributed by atoms with Crippen LogP contribution in [-0.4, -0.2) is 16.8 Å². The van der Waals surface area contributed by atoms with Gasteiger partial charge >= 0.3 is 0 Å². The van der Waals surface area contributed by atoms with Crippen LogP contribution in [0.3, 0.4) is 0 Å². The van der Waals surface area contributed by atoms with Crippen molar-refractivity contribution in [2.24, 2.45) is 5.92 Å². The molecule has 0 aliphatic heterocycles. The predicted molar refractivity (Wildman–Crippen MR) is 100 cm³/mol. The molecule has 0 spiro atoms. The number of rotatable bonds is 5. The smallest absolute Gasteiger partial charge is 0.229 e. The van der Waals surface area contributed by atoms with Gasteiger partial charge in [-0.1, -0.05) is 37.1 Å². The Kier molecular flexibility index (Phi) is 5.48. The Morgan fingerprint density at radius 3 is 2.52 bits per heavy atom. The maximum absolute atomic E-state index is 12.2. The highest BCUT2D eigenvalue weighted by molar-refractivity contribution is 7.14. The van der Waals surface area contributed by atoms with Gasteiger partial charge in [-0.2, -0.15) is 0 Å². The first kappa shape index (κ1) is 17.6. The molecule has 2 amide bonds. The molecule has 1 aromatic heterocycles. The largest absolute Gasteiger partial charge is 0.350 e. The van der Waals surface area contributed by atoms with E-state index in [1.807, 2.05) is 36.6 Å². The molecule has 0 bridgehead atoms. The average molecular weight is 357 g/mol. The van der Waals surface area contributed by atoms with Crippen LogP contribution in [0.1, 0.15) is 51.1 Å². The SMILES string of the molecule is CC(=O)NC(C)c1ccc(-c2csc(NC(=O)C3CCCC3)n2)cc1. The summed E-state index contributed by atoms with van der Waals surface area (Å²) in [6.45, 7) is 3.47. The summed E-state index contributed by atoms with van der Waals surface area (Å²) in [5.74, 6) is 0.193. The monoisotopic (exact) mass is 357 g/mol. The third-order valence-corrected chi connectivity index (χ3v) is 5.34. The van der Waals surface area contributed by atoms with E-state index in [9.17, 15) is 9.59 Å². The number of hydrogen-bond donors (Lipinski definition) is 2. The summed E-state index contributed by atoms with van der Waals surface area (Å²) in [5, 5.41) is 8.43. The van der Waals surface area contributed by atoms with Gasteiger partial charge in [0, 0.05) is 23.8 Å². The number of carbonyl (C=O) groups is 2. The first-order chi connectivity index (χ1) is 12.0. The lowest BCUT2D eigenvalue weighted by atomic mass is 10.1. The molecule has 25 heavy (non-hydrogen) atoms. The quantitative estimate of drug-likeness (QED) is 0.845. The molecule has 1 aromatic carbocycles. The highest BCUT2D eigenvalue weighted by Gasteiger charge is 2.23. The molecule has 1 atom stereocenters. The standard InChI is InChI=1S/C19H23N3O2S/c1-12(20-13(2)23)14-7-9-15(10-8-14)17-11-25-19(21-17)22-18(24)16-5-3-4-6-16/h7-12,16H,3-6H2,1-2H3,(H,20,23)(H,21,22,24). The third kappa shape index (κ3) is 4.45. The zero-order valence-corrected chi connectivity index (χ0v) is 15.4. The number of anilines is 1. The molecule has 6 heteroatoms. The van der Waals surface area contributed by atoms with Gasteiger partial charge in [-0.25, -0.2) is 4.98 Å². The Morgan fingerprint density at radius 2 is 1.88 bits per heavy atom. The second kappa shape index (κ2) is 7.78. The Balaban J connectivity index is 1.65. The van der Waals surface area contributed by atoms with E-state index >= 15 is 0 Å². The molecule has 2 N–H and O–H groups in total. The summed E-state index contributed by atoms with van der Waals surface area (Å²) in [6.07, 6.45) is 4.25. The number of benzene rings is 1. The molecule has 1 fully saturated rings. The summed E-state index contributed by atoms with van der Waals surface area (Å²) in [7, 11) is 0. The van der Waals surface area contributed by atoms with Crippen LogP contribution in [0.15, 0.2) is 29.6 Å². The van der Waals surface area contributed by atoms with Gasteiger partial charge in [-0.15, -0.1) is 11.3 Å². The molecule has 1 aliphatic carbocycles. The molecule has 0 radical (unpaired) electrons. The van der Waals surface area contributed by atoms with E-state index in [4.69, 9.17) is 0 Å². The number of thiazole rings is 1. The molecule has 0 saturated heterocycles. The highest BCUT2D eigenvalue weighted by Crippen LogP contribution is 2.29. The molecule has 2 aromatic rings. The van der Waals surface area contributed by atoms with Crippen LogP contribution in [-0.2, 0) is 9.59 Å². The fraction of sp³-hybridized carbons (Fsp3) is 0.421. The first-order valence-electron chi connectivity index (χ1n) is 8.67. The van der Waals surface area contributed by atoms with Gasteiger partial charge < -0.3 is 10.6 Å². The van der Waals surface area contributed by atoms with Crippen molar-refractivity contribution < 1.29 is 9.59 Å². The van der Waals surface area contributed by atoms with Crippen molar-refractivity contribution in [3.8, 4) is 11.3 Å². The maximum Gasteiger partial charge on any atom is 0.229 e. The summed E-state index contributed by atoms with van der Waals surface area (Å²) >= 11 is 1.45. The second-order valence-corrected chi connectivity index (χ2v) is 7.41. The number of hydrogen-bond acceptors (Lipinski definition) is 4. The van der Waals surface area contributed by atoms with Crippen LogP contribution in [0, 0.1) is 5.92 Å². The minimum absolute atomic E-state index is 0.0248. The number of amides is 2. The van der Waals surface area contributed by atoms with Crippen molar-refractivity contribution in [3.05, 3.63) is 35.2 Å². The molecule has 132 valence electrons. The zero-order chi connectivity index (χ0) is 17.8. The maximum atomic E-state index is 12.2. The van der Waals surface area contributed by atoms with Crippen molar-refractivity contribution in [1.82, 2.24) is 10.3 Å². The third-order valence-electron chi connectivity index (χ3n) is 4.59. The van der Waals surface area contributed by atoms with E-state index in [1.165, 1.54) is 18.3 Å². The Hall–Kier alpha value is -2.21. The Morgan fingerprint density at radius 1 is 1.20 bits per heavy atom. The minimum Gasteiger partial charge on any atom is -0.350 e. The average Bonchev–Trinajstić information content (AvgIpc) is 3.26. The summed E-state index contributed by atoms with van der Waals surface area (Å²) in [5.41, 5.74) is 2.89. The van der Waals surface area contributed by atoms with E-state index in [-0.39, 0.29) is 23.8 Å². The van der Waals surface area contributed by atoms with Gasteiger partial charge in [0.05, 0.1) is 11.7 Å². The fourth-order valence-electron chi connectivity index (χ4n) is 3.19. The lowest BCUT2D eigenvalue weighted by Crippen LogP contribution is -2.23. The van der Waals surface area contributed by atoms with E-state index in [1.54, 1.807) is 0 Å². The van der Waals surface area contributed by atoms with Crippen molar-refractivity contribution in [2.75, 3.05) is 5.32 Å². The summed E-state index contributed by atoms with van der Waals surface area (Å²) in [6, 6.07) is 7.94. The van der Waals surface area contributed by atoms with E-state index < -0.39 is 0 Å². The van der Waals surface area contributed by atoms with Crippen molar-refractivity contribution in [3.63, 3.8) is 0 Å². The highest BCUT2D eigenvalue weighted by atomic mass is 32.1. The number of nitrogens with one attached hydrogen (secondary N) is 2. The van der Waals surface area contributed by atoms with Gasteiger partial charge in [0.25, 0.3) is 0 Å². The lowest BCUT2D eigenvalue weighted by Gasteiger charge is -2.13. The normalized spacial score (nSPS) is 15.8. The van der Waals surface area contributed by atoms with Crippen molar-refractivity contribution >= 4 is 28.3 Å².